The van der Waals surface area contributed by atoms with E-state index in [-0.39, 0.29) is 0 Å². The molecular weight excluding hydrogens is 244 g/mol. The summed E-state index contributed by atoms with van der Waals surface area (Å²) < 4.78 is 0. The first kappa shape index (κ1) is 12.0. The van der Waals surface area contributed by atoms with Gasteiger partial charge >= 0.3 is 0 Å². The minimum absolute atomic E-state index is 0.746. The Morgan fingerprint density at radius 3 is 2.67 bits per heavy atom. The van der Waals surface area contributed by atoms with Crippen LogP contribution in [-0.4, -0.2) is 9.97 Å². The Morgan fingerprint density at radius 1 is 1.17 bits per heavy atom. The topological polar surface area (TPSA) is 28.7 Å². The molecule has 2 aromatic rings. The molecule has 0 unspecified atom stereocenters. The van der Waals surface area contributed by atoms with Crippen LogP contribution in [0.1, 0.15) is 44.3 Å². The maximum atomic E-state index is 6.16. The van der Waals surface area contributed by atoms with Crippen molar-refractivity contribution in [2.75, 3.05) is 0 Å². The average Bonchev–Trinajstić information content (AvgIpc) is 2.60. The fourth-order valence-electron chi connectivity index (χ4n) is 2.99. The number of halogens is 1. The second-order valence-corrected chi connectivity index (χ2v) is 5.79. The lowest BCUT2D eigenvalue weighted by Gasteiger charge is -2.11. The van der Waals surface area contributed by atoms with Crippen molar-refractivity contribution in [1.29, 1.82) is 0 Å². The minimum Gasteiger partial charge on any atom is -0.342 e. The molecule has 2 nitrogen and oxygen atoms in total. The molecule has 1 N–H and O–H groups in total. The van der Waals surface area contributed by atoms with Gasteiger partial charge in [-0.1, -0.05) is 56.2 Å². The zero-order valence-corrected chi connectivity index (χ0v) is 11.3. The van der Waals surface area contributed by atoms with Crippen LogP contribution < -0.4 is 0 Å². The number of para-hydroxylation sites is 1. The van der Waals surface area contributed by atoms with Gasteiger partial charge in [-0.05, 0) is 18.1 Å². The summed E-state index contributed by atoms with van der Waals surface area (Å²) in [5.74, 6) is 1.90. The van der Waals surface area contributed by atoms with E-state index in [0.29, 0.717) is 0 Å². The van der Waals surface area contributed by atoms with Crippen LogP contribution in [0.2, 0.25) is 5.02 Å². The smallest absolute Gasteiger partial charge is 0.107 e. The van der Waals surface area contributed by atoms with Crippen LogP contribution in [0, 0.1) is 5.92 Å². The molecule has 1 aliphatic rings. The zero-order chi connectivity index (χ0) is 12.4. The van der Waals surface area contributed by atoms with Gasteiger partial charge in [-0.15, -0.1) is 0 Å². The number of rotatable bonds is 2. The third-order valence-electron chi connectivity index (χ3n) is 3.97. The Kier molecular flexibility index (Phi) is 3.55. The van der Waals surface area contributed by atoms with Crippen LogP contribution >= 0.6 is 11.6 Å². The maximum absolute atomic E-state index is 6.16. The molecular formula is C15H19ClN2. The average molecular weight is 263 g/mol. The van der Waals surface area contributed by atoms with Crippen molar-refractivity contribution in [3.05, 3.63) is 29.0 Å². The highest BCUT2D eigenvalue weighted by Gasteiger charge is 2.15. The largest absolute Gasteiger partial charge is 0.342 e. The standard InChI is InChI=1S/C15H19ClN2/c16-12-8-5-9-13-15(12)18-14(17-13)10-11-6-3-1-2-4-7-11/h5,8-9,11H,1-4,6-7,10H2,(H,17,18). The van der Waals surface area contributed by atoms with E-state index < -0.39 is 0 Å². The van der Waals surface area contributed by atoms with E-state index in [0.717, 1.165) is 34.2 Å². The number of aromatic nitrogens is 2. The van der Waals surface area contributed by atoms with Crippen molar-refractivity contribution < 1.29 is 0 Å². The monoisotopic (exact) mass is 262 g/mol. The summed E-state index contributed by atoms with van der Waals surface area (Å²) in [6, 6.07) is 5.92. The van der Waals surface area contributed by atoms with Crippen molar-refractivity contribution in [3.63, 3.8) is 0 Å². The molecule has 1 aromatic heterocycles. The third-order valence-corrected chi connectivity index (χ3v) is 4.27. The highest BCUT2D eigenvalue weighted by atomic mass is 35.5. The molecule has 3 rings (SSSR count). The van der Waals surface area contributed by atoms with Gasteiger partial charge in [-0.2, -0.15) is 0 Å². The molecule has 0 aliphatic heterocycles. The van der Waals surface area contributed by atoms with Gasteiger partial charge in [0.25, 0.3) is 0 Å². The predicted octanol–water partition coefficient (Wildman–Crippen LogP) is 4.73. The number of H-pyrrole nitrogens is 1. The fraction of sp³-hybridized carbons (Fsp3) is 0.533. The summed E-state index contributed by atoms with van der Waals surface area (Å²) in [6.07, 6.45) is 9.35. The zero-order valence-electron chi connectivity index (χ0n) is 10.6. The molecule has 0 saturated heterocycles. The first-order valence-corrected chi connectivity index (χ1v) is 7.34. The quantitative estimate of drug-likeness (QED) is 0.779. The van der Waals surface area contributed by atoms with Gasteiger partial charge in [-0.3, -0.25) is 0 Å². The maximum Gasteiger partial charge on any atom is 0.107 e. The lowest BCUT2D eigenvalue weighted by Crippen LogP contribution is -2.04. The molecule has 0 spiro atoms. The first-order chi connectivity index (χ1) is 8.83. The molecule has 1 heterocycles. The van der Waals surface area contributed by atoms with E-state index in [9.17, 15) is 0 Å². The Labute approximate surface area is 113 Å². The molecule has 0 radical (unpaired) electrons. The molecule has 18 heavy (non-hydrogen) atoms. The van der Waals surface area contributed by atoms with Crippen LogP contribution in [0.4, 0.5) is 0 Å². The molecule has 0 amide bonds. The molecule has 3 heteroatoms. The summed E-state index contributed by atoms with van der Waals surface area (Å²) in [5.41, 5.74) is 1.98. The van der Waals surface area contributed by atoms with Gasteiger partial charge in [0.15, 0.2) is 0 Å². The Bertz CT molecular complexity index is 524. The Morgan fingerprint density at radius 2 is 1.94 bits per heavy atom. The molecule has 0 atom stereocenters. The Hall–Kier alpha value is -1.02. The number of nitrogens with zero attached hydrogens (tertiary/aromatic N) is 1. The first-order valence-electron chi connectivity index (χ1n) is 6.96. The van der Waals surface area contributed by atoms with Gasteiger partial charge in [0, 0.05) is 6.42 Å². The molecule has 1 aliphatic carbocycles. The van der Waals surface area contributed by atoms with E-state index in [1.807, 2.05) is 18.2 Å². The lowest BCUT2D eigenvalue weighted by atomic mass is 9.96. The summed E-state index contributed by atoms with van der Waals surface area (Å²) >= 11 is 6.16. The number of hydrogen-bond donors (Lipinski definition) is 1. The number of fused-ring (bicyclic) bond motifs is 1. The SMILES string of the molecule is Clc1cccc2[nH]c(CC3CCCCCC3)nc12. The summed E-state index contributed by atoms with van der Waals surface area (Å²) in [6.45, 7) is 0. The second kappa shape index (κ2) is 5.31. The van der Waals surface area contributed by atoms with E-state index in [2.05, 4.69) is 9.97 Å². The van der Waals surface area contributed by atoms with Crippen LogP contribution in [0.25, 0.3) is 11.0 Å². The minimum atomic E-state index is 0.746. The highest BCUT2D eigenvalue weighted by Crippen LogP contribution is 2.27. The van der Waals surface area contributed by atoms with Crippen LogP contribution in [0.3, 0.4) is 0 Å². The summed E-state index contributed by atoms with van der Waals surface area (Å²) in [5, 5.41) is 0.746. The van der Waals surface area contributed by atoms with Crippen molar-refractivity contribution in [2.45, 2.75) is 44.9 Å². The predicted molar refractivity (Wildman–Crippen MR) is 76.0 cm³/mol. The number of hydrogen-bond acceptors (Lipinski definition) is 1. The van der Waals surface area contributed by atoms with Crippen molar-refractivity contribution in [3.8, 4) is 0 Å². The van der Waals surface area contributed by atoms with Crippen LogP contribution in [0.5, 0.6) is 0 Å². The van der Waals surface area contributed by atoms with Gasteiger partial charge in [0.2, 0.25) is 0 Å². The Balaban J connectivity index is 1.79. The van der Waals surface area contributed by atoms with E-state index in [1.54, 1.807) is 0 Å². The van der Waals surface area contributed by atoms with Crippen molar-refractivity contribution >= 4 is 22.6 Å². The van der Waals surface area contributed by atoms with E-state index in [4.69, 9.17) is 11.6 Å². The normalized spacial score (nSPS) is 18.1. The fourth-order valence-corrected chi connectivity index (χ4v) is 3.20. The molecule has 0 bridgehead atoms. The lowest BCUT2D eigenvalue weighted by molar-refractivity contribution is 0.450. The molecule has 1 aromatic carbocycles. The third kappa shape index (κ3) is 2.54. The number of imidazole rings is 1. The van der Waals surface area contributed by atoms with Gasteiger partial charge in [-0.25, -0.2) is 4.98 Å². The highest BCUT2D eigenvalue weighted by molar-refractivity contribution is 6.34. The van der Waals surface area contributed by atoms with E-state index >= 15 is 0 Å². The molecule has 1 saturated carbocycles. The van der Waals surface area contributed by atoms with E-state index in [1.165, 1.54) is 38.5 Å². The summed E-state index contributed by atoms with van der Waals surface area (Å²) in [7, 11) is 0. The van der Waals surface area contributed by atoms with Gasteiger partial charge < -0.3 is 4.98 Å². The van der Waals surface area contributed by atoms with Gasteiger partial charge in [0.05, 0.1) is 10.5 Å². The number of benzene rings is 1. The molecule has 1 fully saturated rings. The van der Waals surface area contributed by atoms with Crippen molar-refractivity contribution in [1.82, 2.24) is 9.97 Å². The molecule has 96 valence electrons. The number of aromatic amines is 1. The second-order valence-electron chi connectivity index (χ2n) is 5.38. The number of nitrogens with one attached hydrogen (secondary N) is 1. The van der Waals surface area contributed by atoms with Gasteiger partial charge in [0.1, 0.15) is 11.3 Å². The van der Waals surface area contributed by atoms with Crippen LogP contribution in [-0.2, 0) is 6.42 Å². The summed E-state index contributed by atoms with van der Waals surface area (Å²) in [4.78, 5) is 8.06. The van der Waals surface area contributed by atoms with Crippen molar-refractivity contribution in [2.24, 2.45) is 5.92 Å². The van der Waals surface area contributed by atoms with Crippen LogP contribution in [0.15, 0.2) is 18.2 Å².